The molecule has 0 radical (unpaired) electrons. The van der Waals surface area contributed by atoms with Crippen molar-refractivity contribution in [3.05, 3.63) is 82.3 Å². The average molecular weight is 460 g/mol. The van der Waals surface area contributed by atoms with Crippen LogP contribution >= 0.6 is 0 Å². The molecule has 1 amide bonds. The summed E-state index contributed by atoms with van der Waals surface area (Å²) in [5, 5.41) is 12.3. The maximum absolute atomic E-state index is 12.6. The van der Waals surface area contributed by atoms with Crippen molar-refractivity contribution in [1.29, 1.82) is 5.26 Å². The lowest BCUT2D eigenvalue weighted by Gasteiger charge is -2.11. The van der Waals surface area contributed by atoms with E-state index in [0.717, 1.165) is 11.1 Å². The maximum atomic E-state index is 12.6. The molecule has 0 saturated heterocycles. The Bertz CT molecular complexity index is 1280. The molecule has 3 aromatic rings. The zero-order valence-electron chi connectivity index (χ0n) is 19.3. The van der Waals surface area contributed by atoms with Gasteiger partial charge in [-0.25, -0.2) is 4.79 Å². The first-order valence-electron chi connectivity index (χ1n) is 10.3. The lowest BCUT2D eigenvalue weighted by atomic mass is 10.1. The Morgan fingerprint density at radius 1 is 1.06 bits per heavy atom. The maximum Gasteiger partial charge on any atom is 0.373 e. The number of furan rings is 1. The fourth-order valence-corrected chi connectivity index (χ4v) is 3.17. The molecule has 174 valence electrons. The summed E-state index contributed by atoms with van der Waals surface area (Å²) in [6.07, 6.45) is 1.47. The summed E-state index contributed by atoms with van der Waals surface area (Å²) in [5.74, 6) is 0.259. The molecule has 0 aliphatic heterocycles. The third-order valence-corrected chi connectivity index (χ3v) is 4.91. The van der Waals surface area contributed by atoms with E-state index in [9.17, 15) is 14.9 Å². The van der Waals surface area contributed by atoms with E-state index in [-0.39, 0.29) is 17.9 Å². The van der Waals surface area contributed by atoms with E-state index in [0.29, 0.717) is 28.5 Å². The van der Waals surface area contributed by atoms with Crippen LogP contribution in [0.25, 0.3) is 6.08 Å². The largest absolute Gasteiger partial charge is 0.493 e. The first kappa shape index (κ1) is 24.1. The molecule has 2 aromatic carbocycles. The minimum Gasteiger partial charge on any atom is -0.493 e. The van der Waals surface area contributed by atoms with Crippen LogP contribution in [0.3, 0.4) is 0 Å². The molecule has 3 rings (SSSR count). The molecule has 1 aromatic heterocycles. The standard InChI is InChI=1S/C26H24N2O6/c1-16-5-8-21(17(2)11-16)28-25(29)19(14-27)12-18-6-9-22(24(13-18)31-3)33-15-20-7-10-23(34-20)26(30)32-4/h5-13H,15H2,1-4H3,(H,28,29). The highest BCUT2D eigenvalue weighted by atomic mass is 16.5. The minimum atomic E-state index is -0.574. The van der Waals surface area contributed by atoms with Crippen molar-refractivity contribution in [2.75, 3.05) is 19.5 Å². The van der Waals surface area contributed by atoms with Gasteiger partial charge in [0, 0.05) is 5.69 Å². The van der Waals surface area contributed by atoms with Gasteiger partial charge in [0.2, 0.25) is 5.76 Å². The van der Waals surface area contributed by atoms with Crippen molar-refractivity contribution in [2.45, 2.75) is 20.5 Å². The van der Waals surface area contributed by atoms with Crippen LogP contribution in [0.2, 0.25) is 0 Å². The third-order valence-electron chi connectivity index (χ3n) is 4.91. The number of carbonyl (C=O) groups excluding carboxylic acids is 2. The normalized spacial score (nSPS) is 10.9. The molecular weight excluding hydrogens is 436 g/mol. The van der Waals surface area contributed by atoms with Crippen LogP contribution in [0.4, 0.5) is 5.69 Å². The van der Waals surface area contributed by atoms with Crippen LogP contribution in [0.5, 0.6) is 11.5 Å². The van der Waals surface area contributed by atoms with Crippen molar-refractivity contribution < 1.29 is 28.2 Å². The summed E-state index contributed by atoms with van der Waals surface area (Å²) in [6, 6.07) is 15.7. The van der Waals surface area contributed by atoms with Crippen molar-refractivity contribution in [3.63, 3.8) is 0 Å². The lowest BCUT2D eigenvalue weighted by molar-refractivity contribution is -0.112. The van der Waals surface area contributed by atoms with Crippen LogP contribution in [-0.4, -0.2) is 26.1 Å². The molecule has 8 heteroatoms. The summed E-state index contributed by atoms with van der Waals surface area (Å²) in [4.78, 5) is 24.1. The zero-order valence-corrected chi connectivity index (χ0v) is 19.3. The molecule has 0 fully saturated rings. The highest BCUT2D eigenvalue weighted by molar-refractivity contribution is 6.10. The molecule has 34 heavy (non-hydrogen) atoms. The number of hydrogen-bond donors (Lipinski definition) is 1. The summed E-state index contributed by atoms with van der Waals surface area (Å²) in [7, 11) is 2.75. The Labute approximate surface area is 197 Å². The molecule has 0 aliphatic rings. The number of benzene rings is 2. The number of nitrogens with one attached hydrogen (secondary N) is 1. The van der Waals surface area contributed by atoms with Gasteiger partial charge < -0.3 is 23.9 Å². The zero-order chi connectivity index (χ0) is 24.7. The Kier molecular flexibility index (Phi) is 7.72. The van der Waals surface area contributed by atoms with E-state index < -0.39 is 11.9 Å². The van der Waals surface area contributed by atoms with Crippen LogP contribution in [0, 0.1) is 25.2 Å². The summed E-state index contributed by atoms with van der Waals surface area (Å²) < 4.78 is 21.1. The second kappa shape index (κ2) is 10.9. The molecule has 0 aliphatic carbocycles. The van der Waals surface area contributed by atoms with Crippen molar-refractivity contribution >= 4 is 23.6 Å². The molecule has 1 heterocycles. The molecule has 0 atom stereocenters. The van der Waals surface area contributed by atoms with Gasteiger partial charge in [0.15, 0.2) is 11.5 Å². The SMILES string of the molecule is COC(=O)c1ccc(COc2ccc(C=C(C#N)C(=O)Nc3ccc(C)cc3C)cc2OC)o1. The first-order valence-corrected chi connectivity index (χ1v) is 10.3. The molecule has 0 saturated carbocycles. The number of carbonyl (C=O) groups is 2. The molecule has 0 unspecified atom stereocenters. The van der Waals surface area contributed by atoms with E-state index in [4.69, 9.17) is 13.9 Å². The van der Waals surface area contributed by atoms with E-state index in [2.05, 4.69) is 10.1 Å². The first-order chi connectivity index (χ1) is 16.3. The second-order valence-electron chi connectivity index (χ2n) is 7.40. The van der Waals surface area contributed by atoms with E-state index >= 15 is 0 Å². The fourth-order valence-electron chi connectivity index (χ4n) is 3.17. The van der Waals surface area contributed by atoms with Crippen LogP contribution in [-0.2, 0) is 16.1 Å². The molecule has 1 N–H and O–H groups in total. The van der Waals surface area contributed by atoms with Gasteiger partial charge >= 0.3 is 5.97 Å². The quantitative estimate of drug-likeness (QED) is 0.292. The Balaban J connectivity index is 1.74. The number of hydrogen-bond acceptors (Lipinski definition) is 7. The van der Waals surface area contributed by atoms with Crippen LogP contribution < -0.4 is 14.8 Å². The number of esters is 1. The van der Waals surface area contributed by atoms with E-state index in [1.54, 1.807) is 30.3 Å². The topological polar surface area (TPSA) is 111 Å². The summed E-state index contributed by atoms with van der Waals surface area (Å²) in [5.41, 5.74) is 3.16. The monoisotopic (exact) mass is 460 g/mol. The Hall–Kier alpha value is -4.51. The number of aryl methyl sites for hydroxylation is 2. The fraction of sp³-hybridized carbons (Fsp3) is 0.192. The number of nitrogens with zero attached hydrogens (tertiary/aromatic N) is 1. The summed E-state index contributed by atoms with van der Waals surface area (Å²) in [6.45, 7) is 3.92. The smallest absolute Gasteiger partial charge is 0.373 e. The lowest BCUT2D eigenvalue weighted by Crippen LogP contribution is -2.14. The van der Waals surface area contributed by atoms with Crippen molar-refractivity contribution in [3.8, 4) is 17.6 Å². The van der Waals surface area contributed by atoms with Crippen LogP contribution in [0.1, 0.15) is 33.0 Å². The Morgan fingerprint density at radius 3 is 2.53 bits per heavy atom. The van der Waals surface area contributed by atoms with Crippen molar-refractivity contribution in [2.24, 2.45) is 0 Å². The average Bonchev–Trinajstić information content (AvgIpc) is 3.31. The van der Waals surface area contributed by atoms with E-state index in [1.165, 1.54) is 26.4 Å². The van der Waals surface area contributed by atoms with Crippen LogP contribution in [0.15, 0.2) is 58.5 Å². The molecule has 8 nitrogen and oxygen atoms in total. The molecule has 0 spiro atoms. The molecular formula is C26H24N2O6. The number of methoxy groups -OCH3 is 2. The number of ether oxygens (including phenoxy) is 3. The highest BCUT2D eigenvalue weighted by Gasteiger charge is 2.14. The number of anilines is 1. The predicted octanol–water partition coefficient (Wildman–Crippen LogP) is 4.82. The van der Waals surface area contributed by atoms with Gasteiger partial charge in [-0.05, 0) is 61.4 Å². The van der Waals surface area contributed by atoms with E-state index in [1.807, 2.05) is 32.0 Å². The summed E-state index contributed by atoms with van der Waals surface area (Å²) >= 11 is 0. The van der Waals surface area contributed by atoms with Gasteiger partial charge in [-0.15, -0.1) is 0 Å². The predicted molar refractivity (Wildman–Crippen MR) is 126 cm³/mol. The van der Waals surface area contributed by atoms with Gasteiger partial charge in [-0.1, -0.05) is 23.8 Å². The minimum absolute atomic E-state index is 0.0541. The number of nitriles is 1. The second-order valence-corrected chi connectivity index (χ2v) is 7.40. The van der Waals surface area contributed by atoms with Gasteiger partial charge in [0.05, 0.1) is 14.2 Å². The number of amides is 1. The van der Waals surface area contributed by atoms with Gasteiger partial charge in [0.25, 0.3) is 5.91 Å². The Morgan fingerprint density at radius 2 is 1.85 bits per heavy atom. The van der Waals surface area contributed by atoms with Gasteiger partial charge in [-0.3, -0.25) is 4.79 Å². The molecule has 0 bridgehead atoms. The number of rotatable bonds is 8. The third kappa shape index (κ3) is 5.84. The van der Waals surface area contributed by atoms with Gasteiger partial charge in [0.1, 0.15) is 24.0 Å². The highest BCUT2D eigenvalue weighted by Crippen LogP contribution is 2.30. The van der Waals surface area contributed by atoms with Crippen molar-refractivity contribution in [1.82, 2.24) is 0 Å². The van der Waals surface area contributed by atoms with Gasteiger partial charge in [-0.2, -0.15) is 5.26 Å².